The van der Waals surface area contributed by atoms with E-state index < -0.39 is 0 Å². The summed E-state index contributed by atoms with van der Waals surface area (Å²) in [6.45, 7) is 5.21. The van der Waals surface area contributed by atoms with Crippen molar-refractivity contribution in [2.75, 3.05) is 18.4 Å². The van der Waals surface area contributed by atoms with E-state index in [0.29, 0.717) is 12.3 Å². The summed E-state index contributed by atoms with van der Waals surface area (Å²) in [7, 11) is 0. The van der Waals surface area contributed by atoms with Gasteiger partial charge in [0.2, 0.25) is 5.91 Å². The number of benzene rings is 1. The quantitative estimate of drug-likeness (QED) is 0.714. The molecule has 18 heavy (non-hydrogen) atoms. The Labute approximate surface area is 107 Å². The maximum atomic E-state index is 10.9. The first-order chi connectivity index (χ1) is 8.57. The van der Waals surface area contributed by atoms with Crippen LogP contribution in [0.1, 0.15) is 32.3 Å². The maximum absolute atomic E-state index is 10.9. The summed E-state index contributed by atoms with van der Waals surface area (Å²) in [5.74, 6) is 0.304. The van der Waals surface area contributed by atoms with Gasteiger partial charge in [-0.25, -0.2) is 0 Å². The number of carbonyl (C=O) groups excluding carboxylic acids is 1. The summed E-state index contributed by atoms with van der Waals surface area (Å²) in [6.07, 6.45) is 1.86. The Hall–Kier alpha value is -1.71. The summed E-state index contributed by atoms with van der Waals surface area (Å²) in [5.41, 5.74) is 2.27. The van der Waals surface area contributed by atoms with Crippen LogP contribution in [0.3, 0.4) is 0 Å². The van der Waals surface area contributed by atoms with Gasteiger partial charge in [0.05, 0.1) is 0 Å². The number of rotatable bonds is 4. The number of hydrogen-bond acceptors (Lipinski definition) is 3. The van der Waals surface area contributed by atoms with Crippen molar-refractivity contribution >= 4 is 11.6 Å². The highest BCUT2D eigenvalue weighted by Crippen LogP contribution is 2.42. The summed E-state index contributed by atoms with van der Waals surface area (Å²) < 4.78 is 0. The van der Waals surface area contributed by atoms with E-state index in [1.54, 1.807) is 6.07 Å². The largest absolute Gasteiger partial charge is 0.508 e. The number of nitrogens with one attached hydrogen (secondary N) is 2. The number of amides is 1. The molecule has 1 unspecified atom stereocenters. The Kier molecular flexibility index (Phi) is 3.45. The minimum atomic E-state index is 0.00309. The second kappa shape index (κ2) is 4.88. The lowest BCUT2D eigenvalue weighted by atomic mass is 9.77. The molecule has 1 amide bonds. The fourth-order valence-electron chi connectivity index (χ4n) is 2.68. The lowest BCUT2D eigenvalue weighted by Crippen LogP contribution is -2.33. The van der Waals surface area contributed by atoms with E-state index in [1.807, 2.05) is 12.1 Å². The Morgan fingerprint density at radius 2 is 2.33 bits per heavy atom. The van der Waals surface area contributed by atoms with E-state index in [1.165, 1.54) is 6.92 Å². The van der Waals surface area contributed by atoms with Gasteiger partial charge in [-0.1, -0.05) is 6.92 Å². The molecule has 1 aromatic rings. The number of aromatic hydroxyl groups is 1. The fourth-order valence-corrected chi connectivity index (χ4v) is 2.68. The molecule has 4 heteroatoms. The molecule has 3 N–H and O–H groups in total. The molecule has 1 aliphatic rings. The van der Waals surface area contributed by atoms with Crippen LogP contribution < -0.4 is 10.6 Å². The zero-order chi connectivity index (χ0) is 13.2. The summed E-state index contributed by atoms with van der Waals surface area (Å²) in [4.78, 5) is 10.9. The van der Waals surface area contributed by atoms with Crippen LogP contribution in [0.15, 0.2) is 18.2 Å². The van der Waals surface area contributed by atoms with Crippen molar-refractivity contribution in [1.82, 2.24) is 5.32 Å². The third-order valence-corrected chi connectivity index (χ3v) is 3.85. The molecule has 0 saturated carbocycles. The van der Waals surface area contributed by atoms with Gasteiger partial charge in [0, 0.05) is 31.1 Å². The second-order valence-electron chi connectivity index (χ2n) is 4.95. The number of carbonyl (C=O) groups is 1. The number of phenolic OH excluding ortho intramolecular Hbond substituents is 1. The zero-order valence-corrected chi connectivity index (χ0v) is 10.9. The van der Waals surface area contributed by atoms with Crippen LogP contribution >= 0.6 is 0 Å². The Morgan fingerprint density at radius 1 is 1.56 bits per heavy atom. The molecule has 1 heterocycles. The van der Waals surface area contributed by atoms with E-state index in [4.69, 9.17) is 0 Å². The summed E-state index contributed by atoms with van der Waals surface area (Å²) >= 11 is 0. The molecule has 0 radical (unpaired) electrons. The third-order valence-electron chi connectivity index (χ3n) is 3.85. The van der Waals surface area contributed by atoms with Crippen molar-refractivity contribution in [3.8, 4) is 5.75 Å². The fraction of sp³-hybridized carbons (Fsp3) is 0.500. The van der Waals surface area contributed by atoms with Crippen LogP contribution in [0.25, 0.3) is 0 Å². The Bertz CT molecular complexity index is 459. The molecule has 0 bridgehead atoms. The minimum Gasteiger partial charge on any atom is -0.508 e. The summed E-state index contributed by atoms with van der Waals surface area (Å²) in [5, 5.41) is 15.9. The number of fused-ring (bicyclic) bond motifs is 1. The van der Waals surface area contributed by atoms with E-state index in [0.717, 1.165) is 30.6 Å². The van der Waals surface area contributed by atoms with Crippen LogP contribution in [0.5, 0.6) is 5.75 Å². The van der Waals surface area contributed by atoms with Gasteiger partial charge in [-0.2, -0.15) is 0 Å². The van der Waals surface area contributed by atoms with Gasteiger partial charge < -0.3 is 15.7 Å². The number of hydrogen-bond donors (Lipinski definition) is 3. The Morgan fingerprint density at radius 3 is 3.00 bits per heavy atom. The van der Waals surface area contributed by atoms with Crippen LogP contribution in [0.4, 0.5) is 5.69 Å². The zero-order valence-electron chi connectivity index (χ0n) is 10.9. The van der Waals surface area contributed by atoms with E-state index in [9.17, 15) is 9.90 Å². The van der Waals surface area contributed by atoms with Crippen molar-refractivity contribution in [1.29, 1.82) is 0 Å². The van der Waals surface area contributed by atoms with E-state index >= 15 is 0 Å². The molecular formula is C14H20N2O2. The minimum absolute atomic E-state index is 0.00309. The van der Waals surface area contributed by atoms with Crippen molar-refractivity contribution in [2.24, 2.45) is 0 Å². The Balaban J connectivity index is 2.20. The second-order valence-corrected chi connectivity index (χ2v) is 4.95. The maximum Gasteiger partial charge on any atom is 0.216 e. The normalized spacial score (nSPS) is 21.2. The van der Waals surface area contributed by atoms with Gasteiger partial charge in [0.1, 0.15) is 5.75 Å². The van der Waals surface area contributed by atoms with Crippen molar-refractivity contribution in [3.05, 3.63) is 23.8 Å². The predicted molar refractivity (Wildman–Crippen MR) is 71.9 cm³/mol. The molecule has 4 nitrogen and oxygen atoms in total. The molecule has 1 atom stereocenters. The molecular weight excluding hydrogens is 228 g/mol. The first-order valence-electron chi connectivity index (χ1n) is 6.39. The number of phenols is 1. The smallest absolute Gasteiger partial charge is 0.216 e. The molecule has 0 saturated heterocycles. The van der Waals surface area contributed by atoms with E-state index in [2.05, 4.69) is 17.6 Å². The molecule has 1 aliphatic heterocycles. The van der Waals surface area contributed by atoms with Crippen LogP contribution in [-0.4, -0.2) is 24.1 Å². The van der Waals surface area contributed by atoms with Crippen molar-refractivity contribution in [2.45, 2.75) is 32.1 Å². The van der Waals surface area contributed by atoms with Crippen LogP contribution in [0.2, 0.25) is 0 Å². The predicted octanol–water partition coefficient (Wildman–Crippen LogP) is 1.99. The van der Waals surface area contributed by atoms with Gasteiger partial charge in [0.25, 0.3) is 0 Å². The highest BCUT2D eigenvalue weighted by Gasteiger charge is 2.37. The highest BCUT2D eigenvalue weighted by molar-refractivity contribution is 5.72. The topological polar surface area (TPSA) is 61.4 Å². The van der Waals surface area contributed by atoms with Gasteiger partial charge in [-0.15, -0.1) is 0 Å². The SMILES string of the molecule is CCC1(CCNC(C)=O)CNc2ccc(O)cc21. The average molecular weight is 248 g/mol. The standard InChI is InChI=1S/C14H20N2O2/c1-3-14(6-7-15-10(2)17)9-16-13-5-4-11(18)8-12(13)14/h4-5,8,16,18H,3,6-7,9H2,1-2H3,(H,15,17). The average Bonchev–Trinajstić information content (AvgIpc) is 2.68. The lowest BCUT2D eigenvalue weighted by molar-refractivity contribution is -0.119. The lowest BCUT2D eigenvalue weighted by Gasteiger charge is -2.28. The van der Waals surface area contributed by atoms with Crippen LogP contribution in [-0.2, 0) is 10.2 Å². The monoisotopic (exact) mass is 248 g/mol. The summed E-state index contributed by atoms with van der Waals surface area (Å²) in [6, 6.07) is 5.46. The first kappa shape index (κ1) is 12.7. The molecule has 0 fully saturated rings. The van der Waals surface area contributed by atoms with Crippen molar-refractivity contribution < 1.29 is 9.90 Å². The van der Waals surface area contributed by atoms with Gasteiger partial charge in [0.15, 0.2) is 0 Å². The van der Waals surface area contributed by atoms with Gasteiger partial charge in [-0.3, -0.25) is 4.79 Å². The molecule has 2 rings (SSSR count). The van der Waals surface area contributed by atoms with Crippen LogP contribution in [0, 0.1) is 0 Å². The molecule has 1 aromatic carbocycles. The molecule has 0 aromatic heterocycles. The molecule has 0 spiro atoms. The first-order valence-corrected chi connectivity index (χ1v) is 6.39. The van der Waals surface area contributed by atoms with Crippen molar-refractivity contribution in [3.63, 3.8) is 0 Å². The van der Waals surface area contributed by atoms with Gasteiger partial charge >= 0.3 is 0 Å². The highest BCUT2D eigenvalue weighted by atomic mass is 16.3. The molecule has 0 aliphatic carbocycles. The van der Waals surface area contributed by atoms with E-state index in [-0.39, 0.29) is 11.3 Å². The van der Waals surface area contributed by atoms with Gasteiger partial charge in [-0.05, 0) is 36.6 Å². The third kappa shape index (κ3) is 2.28. The number of anilines is 1. The molecule has 98 valence electrons.